The van der Waals surface area contributed by atoms with Crippen LogP contribution < -0.4 is 9.97 Å². The Labute approximate surface area is 164 Å². The van der Waals surface area contributed by atoms with Crippen LogP contribution in [0.3, 0.4) is 0 Å². The van der Waals surface area contributed by atoms with Crippen molar-refractivity contribution in [1.29, 1.82) is 0 Å². The summed E-state index contributed by atoms with van der Waals surface area (Å²) in [4.78, 5) is 12.4. The van der Waals surface area contributed by atoms with Gasteiger partial charge in [-0.3, -0.25) is 9.24 Å². The van der Waals surface area contributed by atoms with Gasteiger partial charge in [0.2, 0.25) is 0 Å². The number of carboxylic acids is 1. The van der Waals surface area contributed by atoms with Gasteiger partial charge in [0.15, 0.2) is 0 Å². The first-order valence-corrected chi connectivity index (χ1v) is 10.7. The lowest BCUT2D eigenvalue weighted by Gasteiger charge is -2.28. The number of carbonyl (C=O) groups is 1. The summed E-state index contributed by atoms with van der Waals surface area (Å²) in [7, 11) is -0.513. The molecule has 0 aliphatic rings. The highest BCUT2D eigenvalue weighted by molar-refractivity contribution is 7.68. The van der Waals surface area contributed by atoms with Crippen molar-refractivity contribution >= 4 is 35.8 Å². The van der Waals surface area contributed by atoms with Gasteiger partial charge in [0, 0.05) is 19.6 Å². The van der Waals surface area contributed by atoms with Gasteiger partial charge < -0.3 is 9.63 Å². The molecule has 1 N–H and O–H groups in total. The summed E-state index contributed by atoms with van der Waals surface area (Å²) in [5.74, 6) is 5.03. The molecule has 2 aromatic rings. The zero-order chi connectivity index (χ0) is 20.4. The van der Waals surface area contributed by atoms with E-state index in [2.05, 4.69) is 11.8 Å². The van der Waals surface area contributed by atoms with Crippen molar-refractivity contribution in [2.45, 2.75) is 27.7 Å². The molecule has 0 fully saturated rings. The number of anilines is 1. The van der Waals surface area contributed by atoms with Gasteiger partial charge >= 0.3 is 13.5 Å². The van der Waals surface area contributed by atoms with Crippen LogP contribution >= 0.6 is 18.9 Å². The number of rotatable bonds is 5. The van der Waals surface area contributed by atoms with Gasteiger partial charge in [0.1, 0.15) is 4.88 Å². The molecule has 144 valence electrons. The number of thiophene rings is 1. The zero-order valence-corrected chi connectivity index (χ0v) is 18.1. The van der Waals surface area contributed by atoms with Crippen LogP contribution in [-0.4, -0.2) is 25.2 Å². The Morgan fingerprint density at radius 3 is 2.33 bits per heavy atom. The standard InChI is InChI=1S/C20H24NO4PS/c1-14-7-9-15(10-8-14)26(24,25-6)21(5)17-13-16(11-12-20(2,3)4)27-18(17)19(22)23/h7-10,13H,1-6H3,(H,22,23). The number of hydrogen-bond acceptors (Lipinski definition) is 4. The van der Waals surface area contributed by atoms with E-state index >= 15 is 0 Å². The van der Waals surface area contributed by atoms with Crippen molar-refractivity contribution in [1.82, 2.24) is 0 Å². The van der Waals surface area contributed by atoms with Crippen molar-refractivity contribution in [3.05, 3.63) is 45.6 Å². The van der Waals surface area contributed by atoms with Crippen LogP contribution in [-0.2, 0) is 9.09 Å². The monoisotopic (exact) mass is 405 g/mol. The van der Waals surface area contributed by atoms with Crippen LogP contribution in [0.2, 0.25) is 0 Å². The molecule has 1 aromatic carbocycles. The van der Waals surface area contributed by atoms with Gasteiger partial charge in [-0.2, -0.15) is 0 Å². The Hall–Kier alpha value is -2.06. The Morgan fingerprint density at radius 1 is 1.26 bits per heavy atom. The minimum Gasteiger partial charge on any atom is -0.477 e. The van der Waals surface area contributed by atoms with E-state index in [4.69, 9.17) is 4.52 Å². The number of carboxylic acid groups (broad SMARTS) is 1. The highest BCUT2D eigenvalue weighted by atomic mass is 32.1. The predicted octanol–water partition coefficient (Wildman–Crippen LogP) is 4.75. The number of nitrogens with zero attached hydrogens (tertiary/aromatic N) is 1. The van der Waals surface area contributed by atoms with Gasteiger partial charge in [-0.15, -0.1) is 11.3 Å². The Kier molecular flexibility index (Phi) is 6.21. The highest BCUT2D eigenvalue weighted by Gasteiger charge is 2.34. The largest absolute Gasteiger partial charge is 0.477 e. The van der Waals surface area contributed by atoms with Gasteiger partial charge in [-0.1, -0.05) is 29.5 Å². The molecule has 2 rings (SSSR count). The van der Waals surface area contributed by atoms with Crippen molar-refractivity contribution < 1.29 is 19.0 Å². The molecule has 1 heterocycles. The van der Waals surface area contributed by atoms with E-state index in [-0.39, 0.29) is 10.3 Å². The quantitative estimate of drug-likeness (QED) is 0.574. The number of benzene rings is 1. The van der Waals surface area contributed by atoms with E-state index < -0.39 is 13.5 Å². The second-order valence-corrected chi connectivity index (χ2v) is 10.8. The maximum absolute atomic E-state index is 13.6. The molecular weight excluding hydrogens is 381 g/mol. The fourth-order valence-electron chi connectivity index (χ4n) is 2.36. The molecule has 0 bridgehead atoms. The van der Waals surface area contributed by atoms with E-state index in [1.54, 1.807) is 25.2 Å². The molecule has 1 unspecified atom stereocenters. The van der Waals surface area contributed by atoms with Crippen LogP contribution in [0.1, 0.15) is 40.9 Å². The molecule has 0 spiro atoms. The molecule has 27 heavy (non-hydrogen) atoms. The van der Waals surface area contributed by atoms with Crippen molar-refractivity contribution in [2.24, 2.45) is 5.41 Å². The first-order valence-electron chi connectivity index (χ1n) is 8.35. The highest BCUT2D eigenvalue weighted by Crippen LogP contribution is 2.52. The van der Waals surface area contributed by atoms with Crippen molar-refractivity contribution in [2.75, 3.05) is 18.8 Å². The molecule has 0 aliphatic heterocycles. The summed E-state index contributed by atoms with van der Waals surface area (Å²) in [6, 6.07) is 8.83. The molecule has 0 aliphatic carbocycles. The SMILES string of the molecule is COP(=O)(c1ccc(C)cc1)N(C)c1cc(C#CC(C)(C)C)sc1C(=O)O. The lowest BCUT2D eigenvalue weighted by molar-refractivity contribution is 0.0703. The third-order valence-corrected chi connectivity index (χ3v) is 7.30. The Balaban J connectivity index is 2.55. The fourth-order valence-corrected chi connectivity index (χ4v) is 5.08. The van der Waals surface area contributed by atoms with Gasteiger partial charge in [-0.05, 0) is 45.9 Å². The van der Waals surface area contributed by atoms with E-state index in [0.29, 0.717) is 15.9 Å². The summed E-state index contributed by atoms with van der Waals surface area (Å²) < 4.78 is 20.4. The van der Waals surface area contributed by atoms with Crippen LogP contribution in [0.4, 0.5) is 5.69 Å². The second kappa shape index (κ2) is 7.90. The topological polar surface area (TPSA) is 66.8 Å². The number of hydrogen-bond donors (Lipinski definition) is 1. The third kappa shape index (κ3) is 4.81. The molecule has 0 saturated carbocycles. The maximum atomic E-state index is 13.6. The van der Waals surface area contributed by atoms with Crippen molar-refractivity contribution in [3.8, 4) is 11.8 Å². The summed E-state index contributed by atoms with van der Waals surface area (Å²) in [6.07, 6.45) is 0. The maximum Gasteiger partial charge on any atom is 0.348 e. The summed E-state index contributed by atoms with van der Waals surface area (Å²) in [5, 5.41) is 10.1. The molecular formula is C20H24NO4PS. The third-order valence-electron chi connectivity index (χ3n) is 3.82. The van der Waals surface area contributed by atoms with Crippen LogP contribution in [0.15, 0.2) is 30.3 Å². The molecule has 7 heteroatoms. The summed E-state index contributed by atoms with van der Waals surface area (Å²) in [5.41, 5.74) is 1.16. The summed E-state index contributed by atoms with van der Waals surface area (Å²) >= 11 is 1.07. The lowest BCUT2D eigenvalue weighted by atomic mass is 9.98. The smallest absolute Gasteiger partial charge is 0.348 e. The lowest BCUT2D eigenvalue weighted by Crippen LogP contribution is -2.24. The molecule has 5 nitrogen and oxygen atoms in total. The van der Waals surface area contributed by atoms with Gasteiger partial charge in [0.25, 0.3) is 0 Å². The van der Waals surface area contributed by atoms with E-state index in [1.807, 2.05) is 39.8 Å². The van der Waals surface area contributed by atoms with Crippen LogP contribution in [0.25, 0.3) is 0 Å². The molecule has 1 aromatic heterocycles. The Morgan fingerprint density at radius 2 is 1.85 bits per heavy atom. The van der Waals surface area contributed by atoms with Crippen LogP contribution in [0, 0.1) is 24.2 Å². The predicted molar refractivity (Wildman–Crippen MR) is 111 cm³/mol. The van der Waals surface area contributed by atoms with E-state index in [9.17, 15) is 14.5 Å². The molecule has 0 radical (unpaired) electrons. The first-order chi connectivity index (χ1) is 12.5. The van der Waals surface area contributed by atoms with E-state index in [0.717, 1.165) is 16.9 Å². The Bertz CT molecular complexity index is 945. The molecule has 1 atom stereocenters. The van der Waals surface area contributed by atoms with Crippen LogP contribution in [0.5, 0.6) is 0 Å². The van der Waals surface area contributed by atoms with E-state index in [1.165, 1.54) is 11.8 Å². The van der Waals surface area contributed by atoms with Crippen molar-refractivity contribution in [3.63, 3.8) is 0 Å². The van der Waals surface area contributed by atoms with Gasteiger partial charge in [-0.25, -0.2) is 4.79 Å². The normalized spacial score (nSPS) is 13.4. The summed E-state index contributed by atoms with van der Waals surface area (Å²) in [6.45, 7) is 7.88. The second-order valence-electron chi connectivity index (χ2n) is 7.19. The minimum absolute atomic E-state index is 0.0834. The average molecular weight is 405 g/mol. The zero-order valence-electron chi connectivity index (χ0n) is 16.4. The molecule has 0 amide bonds. The fraction of sp³-hybridized carbons (Fsp3) is 0.350. The minimum atomic E-state index is -3.46. The molecule has 0 saturated heterocycles. The average Bonchev–Trinajstić information content (AvgIpc) is 3.03. The number of aryl methyl sites for hydroxylation is 1. The van der Waals surface area contributed by atoms with Gasteiger partial charge in [0.05, 0.1) is 15.9 Å². The number of aromatic carboxylic acids is 1. The first kappa shape index (κ1) is 21.2.